The molecule has 20 heavy (non-hydrogen) atoms. The first-order chi connectivity index (χ1) is 9.60. The molecule has 0 bridgehead atoms. The van der Waals surface area contributed by atoms with Gasteiger partial charge in [-0.15, -0.1) is 0 Å². The van der Waals surface area contributed by atoms with Crippen molar-refractivity contribution in [1.82, 2.24) is 0 Å². The Morgan fingerprint density at radius 3 is 2.65 bits per heavy atom. The van der Waals surface area contributed by atoms with E-state index in [1.807, 2.05) is 18.2 Å². The van der Waals surface area contributed by atoms with E-state index in [-0.39, 0.29) is 5.75 Å². The third kappa shape index (κ3) is 2.21. The third-order valence-electron chi connectivity index (χ3n) is 3.03. The minimum atomic E-state index is 0.103. The van der Waals surface area contributed by atoms with Crippen LogP contribution >= 0.6 is 31.9 Å². The monoisotopic (exact) mass is 396 g/mol. The summed E-state index contributed by atoms with van der Waals surface area (Å²) in [5, 5.41) is 10.6. The van der Waals surface area contributed by atoms with Gasteiger partial charge in [-0.2, -0.15) is 0 Å². The zero-order valence-corrected chi connectivity index (χ0v) is 13.7. The van der Waals surface area contributed by atoms with Gasteiger partial charge < -0.3 is 14.3 Å². The van der Waals surface area contributed by atoms with Crippen molar-refractivity contribution in [3.63, 3.8) is 0 Å². The number of ether oxygens (including phenoxy) is 1. The molecule has 3 rings (SSSR count). The Morgan fingerprint density at radius 2 is 1.90 bits per heavy atom. The average Bonchev–Trinajstić information content (AvgIpc) is 2.77. The molecule has 3 nitrogen and oxygen atoms in total. The normalized spacial score (nSPS) is 10.9. The van der Waals surface area contributed by atoms with Gasteiger partial charge >= 0.3 is 0 Å². The Labute approximate surface area is 132 Å². The molecule has 0 aliphatic rings. The van der Waals surface area contributed by atoms with Gasteiger partial charge in [-0.05, 0) is 52.3 Å². The van der Waals surface area contributed by atoms with Crippen molar-refractivity contribution in [2.24, 2.45) is 0 Å². The number of hydrogen-bond donors (Lipinski definition) is 1. The van der Waals surface area contributed by atoms with Crippen molar-refractivity contribution >= 4 is 42.8 Å². The highest BCUT2D eigenvalue weighted by atomic mass is 79.9. The summed E-state index contributed by atoms with van der Waals surface area (Å²) in [5.41, 5.74) is 1.63. The summed E-state index contributed by atoms with van der Waals surface area (Å²) in [6, 6.07) is 10.9. The molecular formula is C15H10Br2O3. The van der Waals surface area contributed by atoms with Crippen molar-refractivity contribution < 1.29 is 14.3 Å². The quantitative estimate of drug-likeness (QED) is 0.634. The summed E-state index contributed by atoms with van der Waals surface area (Å²) in [7, 11) is 1.52. The number of halogens is 2. The summed E-state index contributed by atoms with van der Waals surface area (Å²) in [4.78, 5) is 0. The highest BCUT2D eigenvalue weighted by Crippen LogP contribution is 2.41. The molecular weight excluding hydrogens is 388 g/mol. The fourth-order valence-corrected chi connectivity index (χ4v) is 3.03. The number of furan rings is 1. The third-order valence-corrected chi connectivity index (χ3v) is 4.31. The zero-order chi connectivity index (χ0) is 14.3. The molecule has 2 aromatic carbocycles. The van der Waals surface area contributed by atoms with Crippen LogP contribution in [0, 0.1) is 0 Å². The van der Waals surface area contributed by atoms with Crippen LogP contribution in [0.5, 0.6) is 11.5 Å². The second-order valence-electron chi connectivity index (χ2n) is 4.27. The van der Waals surface area contributed by atoms with Gasteiger partial charge in [-0.1, -0.05) is 15.9 Å². The van der Waals surface area contributed by atoms with E-state index in [0.29, 0.717) is 11.5 Å². The number of aromatic hydroxyl groups is 1. The van der Waals surface area contributed by atoms with Crippen LogP contribution in [0.2, 0.25) is 0 Å². The molecule has 102 valence electrons. The van der Waals surface area contributed by atoms with Gasteiger partial charge in [0.1, 0.15) is 11.3 Å². The van der Waals surface area contributed by atoms with E-state index in [9.17, 15) is 5.11 Å². The predicted molar refractivity (Wildman–Crippen MR) is 85.3 cm³/mol. The van der Waals surface area contributed by atoms with Gasteiger partial charge in [0.15, 0.2) is 11.5 Å². The van der Waals surface area contributed by atoms with Crippen LogP contribution in [0.4, 0.5) is 0 Å². The van der Waals surface area contributed by atoms with Gasteiger partial charge in [0, 0.05) is 15.4 Å². The molecule has 5 heteroatoms. The van der Waals surface area contributed by atoms with Crippen molar-refractivity contribution in [3.8, 4) is 22.8 Å². The lowest BCUT2D eigenvalue weighted by molar-refractivity contribution is 0.373. The highest BCUT2D eigenvalue weighted by Gasteiger charge is 2.15. The van der Waals surface area contributed by atoms with Gasteiger partial charge in [0.05, 0.1) is 11.6 Å². The molecule has 0 saturated carbocycles. The fourth-order valence-electron chi connectivity index (χ4n) is 2.04. The van der Waals surface area contributed by atoms with Crippen LogP contribution in [0.1, 0.15) is 0 Å². The molecule has 0 aliphatic heterocycles. The topological polar surface area (TPSA) is 42.6 Å². The molecule has 0 atom stereocenters. The molecule has 3 aromatic rings. The summed E-state index contributed by atoms with van der Waals surface area (Å²) in [5.74, 6) is 1.22. The number of phenols is 1. The van der Waals surface area contributed by atoms with E-state index >= 15 is 0 Å². The molecule has 0 unspecified atom stereocenters. The van der Waals surface area contributed by atoms with Crippen molar-refractivity contribution in [1.29, 1.82) is 0 Å². The smallest absolute Gasteiger partial charge is 0.161 e. The van der Waals surface area contributed by atoms with E-state index in [0.717, 1.165) is 25.5 Å². The molecule has 0 saturated heterocycles. The lowest BCUT2D eigenvalue weighted by Gasteiger charge is -2.05. The largest absolute Gasteiger partial charge is 0.504 e. The van der Waals surface area contributed by atoms with E-state index in [1.165, 1.54) is 7.11 Å². The first-order valence-corrected chi connectivity index (χ1v) is 7.43. The van der Waals surface area contributed by atoms with Gasteiger partial charge in [-0.3, -0.25) is 0 Å². The number of methoxy groups -OCH3 is 1. The van der Waals surface area contributed by atoms with E-state index in [2.05, 4.69) is 31.9 Å². The van der Waals surface area contributed by atoms with Crippen LogP contribution < -0.4 is 4.74 Å². The number of benzene rings is 2. The Balaban J connectivity index is 2.21. The summed E-state index contributed by atoms with van der Waals surface area (Å²) >= 11 is 7.02. The Kier molecular flexibility index (Phi) is 3.48. The van der Waals surface area contributed by atoms with Crippen molar-refractivity contribution in [2.45, 2.75) is 0 Å². The molecule has 1 heterocycles. The van der Waals surface area contributed by atoms with Crippen molar-refractivity contribution in [3.05, 3.63) is 45.3 Å². The van der Waals surface area contributed by atoms with Crippen LogP contribution in [-0.2, 0) is 0 Å². The van der Waals surface area contributed by atoms with E-state index < -0.39 is 0 Å². The van der Waals surface area contributed by atoms with Gasteiger partial charge in [0.2, 0.25) is 0 Å². The van der Waals surface area contributed by atoms with E-state index in [4.69, 9.17) is 9.15 Å². The van der Waals surface area contributed by atoms with Gasteiger partial charge in [-0.25, -0.2) is 0 Å². The van der Waals surface area contributed by atoms with E-state index in [1.54, 1.807) is 18.2 Å². The SMILES string of the molecule is COc1cc(-c2oc3ccc(Br)cc3c2Br)ccc1O. The Hall–Kier alpha value is -1.46. The maximum absolute atomic E-state index is 9.65. The highest BCUT2D eigenvalue weighted by molar-refractivity contribution is 9.11. The number of hydrogen-bond acceptors (Lipinski definition) is 3. The summed E-state index contributed by atoms with van der Waals surface area (Å²) < 4.78 is 12.9. The molecule has 0 amide bonds. The number of fused-ring (bicyclic) bond motifs is 1. The first kappa shape index (κ1) is 13.5. The number of phenolic OH excluding ortho intramolecular Hbond substituents is 1. The molecule has 0 spiro atoms. The average molecular weight is 398 g/mol. The minimum Gasteiger partial charge on any atom is -0.504 e. The zero-order valence-electron chi connectivity index (χ0n) is 10.5. The molecule has 0 aliphatic carbocycles. The standard InChI is InChI=1S/C15H10Br2O3/c1-19-13-6-8(2-4-11(13)18)15-14(17)10-7-9(16)3-5-12(10)20-15/h2-7,18H,1H3. The second kappa shape index (κ2) is 5.14. The first-order valence-electron chi connectivity index (χ1n) is 5.85. The summed E-state index contributed by atoms with van der Waals surface area (Å²) in [6.45, 7) is 0. The van der Waals surface area contributed by atoms with Crippen LogP contribution in [0.15, 0.2) is 49.8 Å². The molecule has 0 radical (unpaired) electrons. The number of rotatable bonds is 2. The maximum Gasteiger partial charge on any atom is 0.161 e. The van der Waals surface area contributed by atoms with Crippen LogP contribution in [-0.4, -0.2) is 12.2 Å². The molecule has 1 aromatic heterocycles. The Bertz CT molecular complexity index is 793. The van der Waals surface area contributed by atoms with Crippen molar-refractivity contribution in [2.75, 3.05) is 7.11 Å². The maximum atomic E-state index is 9.65. The lowest BCUT2D eigenvalue weighted by atomic mass is 10.1. The summed E-state index contributed by atoms with van der Waals surface area (Å²) in [6.07, 6.45) is 0. The fraction of sp³-hybridized carbons (Fsp3) is 0.0667. The lowest BCUT2D eigenvalue weighted by Crippen LogP contribution is -1.84. The predicted octanol–water partition coefficient (Wildman–Crippen LogP) is 5.34. The van der Waals surface area contributed by atoms with Crippen LogP contribution in [0.25, 0.3) is 22.3 Å². The molecule has 0 fully saturated rings. The second-order valence-corrected chi connectivity index (χ2v) is 5.98. The molecule has 1 N–H and O–H groups in total. The Morgan fingerprint density at radius 1 is 1.10 bits per heavy atom. The van der Waals surface area contributed by atoms with Crippen LogP contribution in [0.3, 0.4) is 0 Å². The minimum absolute atomic E-state index is 0.103. The van der Waals surface area contributed by atoms with Gasteiger partial charge in [0.25, 0.3) is 0 Å².